The minimum absolute atomic E-state index is 0.713. The number of aliphatic hydroxyl groups is 1. The smallest absolute Gasteiger partial charge is 0.384 e. The van der Waals surface area contributed by atoms with Crippen LogP contribution >= 0.6 is 0 Å². The second kappa shape index (κ2) is 4.02. The molecule has 1 atom stereocenters. The van der Waals surface area contributed by atoms with Crippen LogP contribution in [0.15, 0.2) is 30.9 Å². The highest BCUT2D eigenvalue weighted by molar-refractivity contribution is 5.34. The van der Waals surface area contributed by atoms with Gasteiger partial charge in [0.1, 0.15) is 11.9 Å². The van der Waals surface area contributed by atoms with Gasteiger partial charge in [0.25, 0.3) is 0 Å². The summed E-state index contributed by atoms with van der Waals surface area (Å²) in [6, 6.07) is 2.51. The molecule has 0 saturated carbocycles. The molecule has 5 heteroatoms. The lowest BCUT2D eigenvalue weighted by molar-refractivity contribution is -0.139. The molecule has 0 spiro atoms. The first-order valence-electron chi connectivity index (χ1n) is 4.04. The summed E-state index contributed by atoms with van der Waals surface area (Å²) in [5.74, 6) is -1.10. The average Bonchev–Trinajstić information content (AvgIpc) is 2.15. The average molecular weight is 220 g/mol. The zero-order chi connectivity index (χ0) is 11.6. The number of hydrogen-bond acceptors (Lipinski definition) is 1. The molecular weight excluding hydrogens is 212 g/mol. The first-order chi connectivity index (χ1) is 6.88. The van der Waals surface area contributed by atoms with E-state index in [-0.39, 0.29) is 0 Å². The highest BCUT2D eigenvalue weighted by Gasteiger charge is 2.35. The molecule has 1 N–H and O–H groups in total. The molecule has 0 saturated heterocycles. The summed E-state index contributed by atoms with van der Waals surface area (Å²) in [6.07, 6.45) is -5.52. The van der Waals surface area contributed by atoms with Gasteiger partial charge in [-0.25, -0.2) is 4.39 Å². The maximum absolute atomic E-state index is 13.1. The second-order valence-corrected chi connectivity index (χ2v) is 2.88. The zero-order valence-corrected chi connectivity index (χ0v) is 7.55. The van der Waals surface area contributed by atoms with Gasteiger partial charge >= 0.3 is 6.18 Å². The largest absolute Gasteiger partial charge is 0.416 e. The van der Waals surface area contributed by atoms with E-state index in [1.807, 2.05) is 0 Å². The van der Waals surface area contributed by atoms with E-state index in [1.54, 1.807) is 0 Å². The van der Waals surface area contributed by atoms with E-state index < -0.39 is 29.2 Å². The molecule has 0 fully saturated rings. The summed E-state index contributed by atoms with van der Waals surface area (Å²) in [5.41, 5.74) is -1.98. The van der Waals surface area contributed by atoms with Crippen LogP contribution in [0.5, 0.6) is 0 Å². The minimum atomic E-state index is -4.69. The van der Waals surface area contributed by atoms with Crippen molar-refractivity contribution >= 4 is 0 Å². The van der Waals surface area contributed by atoms with E-state index in [0.29, 0.717) is 6.07 Å². The third-order valence-electron chi connectivity index (χ3n) is 1.88. The number of alkyl halides is 3. The molecule has 0 aliphatic rings. The first kappa shape index (κ1) is 11.7. The molecule has 0 aromatic heterocycles. The number of rotatable bonds is 2. The molecule has 82 valence electrons. The van der Waals surface area contributed by atoms with Crippen molar-refractivity contribution in [3.8, 4) is 0 Å². The van der Waals surface area contributed by atoms with Crippen molar-refractivity contribution < 1.29 is 22.7 Å². The lowest BCUT2D eigenvalue weighted by atomic mass is 10.0. The van der Waals surface area contributed by atoms with Gasteiger partial charge in [-0.2, -0.15) is 13.2 Å². The predicted octanol–water partition coefficient (Wildman–Crippen LogP) is 3.06. The monoisotopic (exact) mass is 220 g/mol. The van der Waals surface area contributed by atoms with Crippen LogP contribution in [0.1, 0.15) is 17.2 Å². The summed E-state index contributed by atoms with van der Waals surface area (Å²) < 4.78 is 50.3. The van der Waals surface area contributed by atoms with Crippen LogP contribution in [0, 0.1) is 5.82 Å². The molecule has 0 bridgehead atoms. The van der Waals surface area contributed by atoms with E-state index in [4.69, 9.17) is 0 Å². The Bertz CT molecular complexity index is 370. The molecule has 0 aliphatic heterocycles. The van der Waals surface area contributed by atoms with Crippen LogP contribution in [0.3, 0.4) is 0 Å². The quantitative estimate of drug-likeness (QED) is 0.599. The summed E-state index contributed by atoms with van der Waals surface area (Å²) >= 11 is 0. The topological polar surface area (TPSA) is 20.2 Å². The zero-order valence-electron chi connectivity index (χ0n) is 7.55. The Morgan fingerprint density at radius 1 is 1.33 bits per heavy atom. The van der Waals surface area contributed by atoms with E-state index in [1.165, 1.54) is 0 Å². The fraction of sp³-hybridized carbons (Fsp3) is 0.200. The van der Waals surface area contributed by atoms with Gasteiger partial charge in [0.05, 0.1) is 5.56 Å². The van der Waals surface area contributed by atoms with E-state index in [0.717, 1.165) is 18.2 Å². The fourth-order valence-electron chi connectivity index (χ4n) is 1.20. The molecular formula is C10H8F4O. The van der Waals surface area contributed by atoms with E-state index >= 15 is 0 Å². The Morgan fingerprint density at radius 3 is 2.40 bits per heavy atom. The highest BCUT2D eigenvalue weighted by Crippen LogP contribution is 2.35. The van der Waals surface area contributed by atoms with E-state index in [2.05, 4.69) is 6.58 Å². The van der Waals surface area contributed by atoms with Gasteiger partial charge in [0.2, 0.25) is 0 Å². The third kappa shape index (κ3) is 2.36. The van der Waals surface area contributed by atoms with Crippen LogP contribution in [-0.2, 0) is 6.18 Å². The van der Waals surface area contributed by atoms with Crippen molar-refractivity contribution in [3.05, 3.63) is 47.8 Å². The molecule has 15 heavy (non-hydrogen) atoms. The number of benzene rings is 1. The lowest BCUT2D eigenvalue weighted by Gasteiger charge is -2.15. The van der Waals surface area contributed by atoms with Gasteiger partial charge in [0.15, 0.2) is 0 Å². The van der Waals surface area contributed by atoms with Crippen LogP contribution in [-0.4, -0.2) is 5.11 Å². The Balaban J connectivity index is 3.39. The van der Waals surface area contributed by atoms with E-state index in [9.17, 15) is 22.7 Å². The van der Waals surface area contributed by atoms with Gasteiger partial charge in [-0.3, -0.25) is 0 Å². The van der Waals surface area contributed by atoms with Gasteiger partial charge in [-0.15, -0.1) is 6.58 Å². The molecule has 0 radical (unpaired) electrons. The van der Waals surface area contributed by atoms with Gasteiger partial charge in [-0.05, 0) is 12.1 Å². The molecule has 0 aliphatic carbocycles. The summed E-state index contributed by atoms with van der Waals surface area (Å²) in [5, 5.41) is 9.20. The second-order valence-electron chi connectivity index (χ2n) is 2.88. The Hall–Kier alpha value is -1.36. The Kier molecular flexibility index (Phi) is 3.14. The Morgan fingerprint density at radius 2 is 1.93 bits per heavy atom. The molecule has 1 rings (SSSR count). The summed E-state index contributed by atoms with van der Waals surface area (Å²) in [4.78, 5) is 0. The number of aliphatic hydroxyl groups excluding tert-OH is 1. The summed E-state index contributed by atoms with van der Waals surface area (Å²) in [6.45, 7) is 3.12. The molecule has 0 heterocycles. The third-order valence-corrected chi connectivity index (χ3v) is 1.88. The fourth-order valence-corrected chi connectivity index (χ4v) is 1.20. The van der Waals surface area contributed by atoms with Crippen LogP contribution in [0.2, 0.25) is 0 Å². The van der Waals surface area contributed by atoms with Crippen LogP contribution in [0.4, 0.5) is 17.6 Å². The van der Waals surface area contributed by atoms with Crippen molar-refractivity contribution in [3.63, 3.8) is 0 Å². The number of hydrogen-bond donors (Lipinski definition) is 1. The van der Waals surface area contributed by atoms with Crippen LogP contribution in [0.25, 0.3) is 0 Å². The standard InChI is InChI=1S/C10H8F4O/c1-2-8(15)9-6(10(12,13)14)4-3-5-7(9)11/h2-5,8,15H,1H2. The molecule has 1 nitrogen and oxygen atoms in total. The van der Waals surface area contributed by atoms with Gasteiger partial charge < -0.3 is 5.11 Å². The predicted molar refractivity (Wildman–Crippen MR) is 46.6 cm³/mol. The SMILES string of the molecule is C=CC(O)c1c(F)cccc1C(F)(F)F. The maximum Gasteiger partial charge on any atom is 0.416 e. The van der Waals surface area contributed by atoms with Crippen molar-refractivity contribution in [1.29, 1.82) is 0 Å². The van der Waals surface area contributed by atoms with Crippen molar-refractivity contribution in [1.82, 2.24) is 0 Å². The van der Waals surface area contributed by atoms with Crippen molar-refractivity contribution in [2.24, 2.45) is 0 Å². The normalized spacial score (nSPS) is 13.7. The molecule has 1 aromatic rings. The molecule has 1 aromatic carbocycles. The maximum atomic E-state index is 13.1. The molecule has 0 amide bonds. The minimum Gasteiger partial charge on any atom is -0.384 e. The summed E-state index contributed by atoms with van der Waals surface area (Å²) in [7, 11) is 0. The Labute approximate surface area is 83.7 Å². The number of halogens is 4. The van der Waals surface area contributed by atoms with Crippen molar-refractivity contribution in [2.45, 2.75) is 12.3 Å². The van der Waals surface area contributed by atoms with Crippen molar-refractivity contribution in [2.75, 3.05) is 0 Å². The van der Waals surface area contributed by atoms with Gasteiger partial charge in [-0.1, -0.05) is 12.1 Å². The van der Waals surface area contributed by atoms with Gasteiger partial charge in [0, 0.05) is 5.56 Å². The first-order valence-corrected chi connectivity index (χ1v) is 4.04. The lowest BCUT2D eigenvalue weighted by Crippen LogP contribution is -2.12. The molecule has 1 unspecified atom stereocenters. The highest BCUT2D eigenvalue weighted by atomic mass is 19.4. The van der Waals surface area contributed by atoms with Crippen LogP contribution < -0.4 is 0 Å².